The third kappa shape index (κ3) is 3.65. The Morgan fingerprint density at radius 2 is 1.55 bits per heavy atom. The zero-order valence-corrected chi connectivity index (χ0v) is 16.7. The maximum absolute atomic E-state index is 13.1. The van der Waals surface area contributed by atoms with E-state index in [2.05, 4.69) is 9.80 Å². The molecule has 2 amide bonds. The molecule has 2 heterocycles. The van der Waals surface area contributed by atoms with Crippen LogP contribution in [0.4, 0.5) is 11.4 Å². The number of carbonyl (C=O) groups excluding carboxylic acids is 2. The van der Waals surface area contributed by atoms with Crippen LogP contribution < -0.4 is 19.3 Å². The normalized spacial score (nSPS) is 20.3. The van der Waals surface area contributed by atoms with Gasteiger partial charge in [-0.2, -0.15) is 0 Å². The van der Waals surface area contributed by atoms with Crippen LogP contribution in [0.5, 0.6) is 11.5 Å². The third-order valence-electron chi connectivity index (χ3n) is 5.64. The van der Waals surface area contributed by atoms with Gasteiger partial charge in [0.15, 0.2) is 0 Å². The van der Waals surface area contributed by atoms with E-state index in [-0.39, 0.29) is 18.2 Å². The number of benzene rings is 2. The molecule has 7 heteroatoms. The van der Waals surface area contributed by atoms with Crippen molar-refractivity contribution in [2.45, 2.75) is 12.5 Å². The van der Waals surface area contributed by atoms with Gasteiger partial charge >= 0.3 is 0 Å². The molecule has 0 bridgehead atoms. The first-order chi connectivity index (χ1) is 14.1. The fraction of sp³-hybridized carbons (Fsp3) is 0.364. The molecule has 2 fully saturated rings. The van der Waals surface area contributed by atoms with Gasteiger partial charge in [0.1, 0.15) is 11.5 Å². The molecule has 2 aromatic rings. The lowest BCUT2D eigenvalue weighted by Gasteiger charge is -2.38. The minimum Gasteiger partial charge on any atom is -0.497 e. The Balaban J connectivity index is 1.43. The van der Waals surface area contributed by atoms with Gasteiger partial charge in [0, 0.05) is 31.9 Å². The van der Waals surface area contributed by atoms with Gasteiger partial charge in [0.05, 0.1) is 32.4 Å². The lowest BCUT2D eigenvalue weighted by atomic mass is 10.1. The van der Waals surface area contributed by atoms with Gasteiger partial charge in [-0.1, -0.05) is 12.1 Å². The maximum atomic E-state index is 13.1. The van der Waals surface area contributed by atoms with Crippen LogP contribution in [0, 0.1) is 0 Å². The lowest BCUT2D eigenvalue weighted by Crippen LogP contribution is -2.52. The monoisotopic (exact) mass is 395 g/mol. The fourth-order valence-electron chi connectivity index (χ4n) is 4.05. The van der Waals surface area contributed by atoms with Gasteiger partial charge in [-0.05, 0) is 36.4 Å². The number of imide groups is 1. The lowest BCUT2D eigenvalue weighted by molar-refractivity contribution is -0.123. The number of hydrogen-bond acceptors (Lipinski definition) is 6. The van der Waals surface area contributed by atoms with E-state index in [4.69, 9.17) is 9.47 Å². The summed E-state index contributed by atoms with van der Waals surface area (Å²) < 4.78 is 10.6. The standard InChI is InChI=1S/C22H25N3O4/c1-28-17-9-7-16(8-10-17)23-11-13-24(14-12-23)19-15-21(26)25(22(19)27)18-5-3-4-6-20(18)29-2/h3-10,19H,11-15H2,1-2H3/t19-/m1/s1. The first-order valence-corrected chi connectivity index (χ1v) is 9.75. The van der Waals surface area contributed by atoms with E-state index in [1.165, 1.54) is 4.90 Å². The highest BCUT2D eigenvalue weighted by Crippen LogP contribution is 2.33. The van der Waals surface area contributed by atoms with Gasteiger partial charge in [-0.25, -0.2) is 4.90 Å². The Morgan fingerprint density at radius 3 is 2.21 bits per heavy atom. The van der Waals surface area contributed by atoms with Crippen LogP contribution in [0.2, 0.25) is 0 Å². The second kappa shape index (κ2) is 8.13. The SMILES string of the molecule is COc1ccc(N2CCN([C@@H]3CC(=O)N(c4ccccc4OC)C3=O)CC2)cc1. The van der Waals surface area contributed by atoms with Crippen molar-refractivity contribution < 1.29 is 19.1 Å². The van der Waals surface area contributed by atoms with Crippen LogP contribution in [-0.2, 0) is 9.59 Å². The van der Waals surface area contributed by atoms with Gasteiger partial charge in [-0.15, -0.1) is 0 Å². The fourth-order valence-corrected chi connectivity index (χ4v) is 4.05. The number of piperazine rings is 1. The van der Waals surface area contributed by atoms with Crippen LogP contribution in [0.25, 0.3) is 0 Å². The predicted molar refractivity (Wildman–Crippen MR) is 111 cm³/mol. The summed E-state index contributed by atoms with van der Waals surface area (Å²) in [6.07, 6.45) is 0.208. The summed E-state index contributed by atoms with van der Waals surface area (Å²) >= 11 is 0. The number of carbonyl (C=O) groups is 2. The highest BCUT2D eigenvalue weighted by molar-refractivity contribution is 6.23. The molecule has 4 rings (SSSR count). The number of nitrogens with zero attached hydrogens (tertiary/aromatic N) is 3. The molecule has 152 valence electrons. The van der Waals surface area contributed by atoms with Crippen LogP contribution in [0.3, 0.4) is 0 Å². The van der Waals surface area contributed by atoms with Gasteiger partial charge in [0.2, 0.25) is 5.91 Å². The molecule has 0 spiro atoms. The molecular weight excluding hydrogens is 370 g/mol. The Kier molecular flexibility index (Phi) is 5.40. The first-order valence-electron chi connectivity index (χ1n) is 9.75. The maximum Gasteiger partial charge on any atom is 0.251 e. The summed E-state index contributed by atoms with van der Waals surface area (Å²) in [6.45, 7) is 3.07. The van der Waals surface area contributed by atoms with E-state index in [0.717, 1.165) is 37.6 Å². The number of methoxy groups -OCH3 is 2. The third-order valence-corrected chi connectivity index (χ3v) is 5.64. The van der Waals surface area contributed by atoms with E-state index in [1.54, 1.807) is 32.4 Å². The van der Waals surface area contributed by atoms with Crippen molar-refractivity contribution in [2.24, 2.45) is 0 Å². The van der Waals surface area contributed by atoms with Crippen LogP contribution in [0.15, 0.2) is 48.5 Å². The van der Waals surface area contributed by atoms with Crippen molar-refractivity contribution in [3.63, 3.8) is 0 Å². The quantitative estimate of drug-likeness (QED) is 0.723. The molecule has 0 N–H and O–H groups in total. The topological polar surface area (TPSA) is 62.3 Å². The van der Waals surface area contributed by atoms with Crippen LogP contribution >= 0.6 is 0 Å². The second-order valence-corrected chi connectivity index (χ2v) is 7.18. The van der Waals surface area contributed by atoms with Gasteiger partial charge in [0.25, 0.3) is 5.91 Å². The Morgan fingerprint density at radius 1 is 0.862 bits per heavy atom. The smallest absolute Gasteiger partial charge is 0.251 e. The number of rotatable bonds is 5. The largest absolute Gasteiger partial charge is 0.497 e. The summed E-state index contributed by atoms with van der Waals surface area (Å²) in [7, 11) is 3.20. The molecule has 2 aliphatic rings. The van der Waals surface area contributed by atoms with Crippen molar-refractivity contribution in [1.29, 1.82) is 0 Å². The second-order valence-electron chi connectivity index (χ2n) is 7.18. The highest BCUT2D eigenvalue weighted by Gasteiger charge is 2.44. The minimum absolute atomic E-state index is 0.169. The molecule has 0 saturated carbocycles. The van der Waals surface area contributed by atoms with E-state index in [0.29, 0.717) is 11.4 Å². The average molecular weight is 395 g/mol. The number of amides is 2. The van der Waals surface area contributed by atoms with Crippen LogP contribution in [-0.4, -0.2) is 63.2 Å². The van der Waals surface area contributed by atoms with E-state index in [1.807, 2.05) is 30.3 Å². The summed E-state index contributed by atoms with van der Waals surface area (Å²) in [5, 5.41) is 0. The number of ether oxygens (including phenoxy) is 2. The molecule has 0 aromatic heterocycles. The average Bonchev–Trinajstić information content (AvgIpc) is 3.07. The molecule has 0 unspecified atom stereocenters. The minimum atomic E-state index is -0.412. The summed E-state index contributed by atoms with van der Waals surface area (Å²) in [6, 6.07) is 14.7. The summed E-state index contributed by atoms with van der Waals surface area (Å²) in [5.41, 5.74) is 1.65. The van der Waals surface area contributed by atoms with E-state index in [9.17, 15) is 9.59 Å². The zero-order chi connectivity index (χ0) is 20.4. The van der Waals surface area contributed by atoms with Crippen molar-refractivity contribution in [3.8, 4) is 11.5 Å². The number of para-hydroxylation sites is 2. The molecule has 1 atom stereocenters. The Labute approximate surface area is 170 Å². The van der Waals surface area contributed by atoms with Crippen molar-refractivity contribution in [1.82, 2.24) is 4.90 Å². The number of hydrogen-bond donors (Lipinski definition) is 0. The Hall–Kier alpha value is -3.06. The van der Waals surface area contributed by atoms with Gasteiger partial charge in [-0.3, -0.25) is 14.5 Å². The zero-order valence-electron chi connectivity index (χ0n) is 16.7. The van der Waals surface area contributed by atoms with Gasteiger partial charge < -0.3 is 14.4 Å². The molecule has 0 aliphatic carbocycles. The van der Waals surface area contributed by atoms with Crippen molar-refractivity contribution in [2.75, 3.05) is 50.2 Å². The predicted octanol–water partition coefficient (Wildman–Crippen LogP) is 2.16. The number of anilines is 2. The highest BCUT2D eigenvalue weighted by atomic mass is 16.5. The van der Waals surface area contributed by atoms with Crippen LogP contribution in [0.1, 0.15) is 6.42 Å². The van der Waals surface area contributed by atoms with E-state index >= 15 is 0 Å². The molecule has 7 nitrogen and oxygen atoms in total. The Bertz CT molecular complexity index is 891. The van der Waals surface area contributed by atoms with Crippen molar-refractivity contribution in [3.05, 3.63) is 48.5 Å². The molecule has 2 aliphatic heterocycles. The summed E-state index contributed by atoms with van der Waals surface area (Å²) in [4.78, 5) is 31.4. The van der Waals surface area contributed by atoms with Crippen molar-refractivity contribution >= 4 is 23.2 Å². The summed E-state index contributed by atoms with van der Waals surface area (Å²) in [5.74, 6) is 1.01. The first kappa shape index (κ1) is 19.3. The molecule has 2 saturated heterocycles. The molecule has 2 aromatic carbocycles. The molecular formula is C22H25N3O4. The van der Waals surface area contributed by atoms with E-state index < -0.39 is 6.04 Å². The molecule has 0 radical (unpaired) electrons. The molecule has 29 heavy (non-hydrogen) atoms.